The molecule has 2 heterocycles. The van der Waals surface area contributed by atoms with Crippen molar-refractivity contribution < 1.29 is 9.18 Å². The van der Waals surface area contributed by atoms with Gasteiger partial charge in [-0.15, -0.1) is 0 Å². The lowest BCUT2D eigenvalue weighted by Gasteiger charge is -2.11. The van der Waals surface area contributed by atoms with Crippen LogP contribution in [0, 0.1) is 12.3 Å². The zero-order valence-corrected chi connectivity index (χ0v) is 20.0. The normalized spacial score (nSPS) is 14.3. The van der Waals surface area contributed by atoms with Crippen LogP contribution in [0.2, 0.25) is 0 Å². The highest BCUT2D eigenvalue weighted by Crippen LogP contribution is 2.47. The third kappa shape index (κ3) is 6.17. The Morgan fingerprint density at radius 2 is 1.97 bits per heavy atom. The van der Waals surface area contributed by atoms with Gasteiger partial charge in [0.25, 0.3) is 0 Å². The molecule has 0 bridgehead atoms. The number of anilines is 2. The molecule has 0 atom stereocenters. The molecule has 9 heteroatoms. The number of benzene rings is 1. The molecular formula is C25H32FN7O. The van der Waals surface area contributed by atoms with Crippen molar-refractivity contribution in [3.63, 3.8) is 0 Å². The van der Waals surface area contributed by atoms with Gasteiger partial charge in [-0.1, -0.05) is 12.1 Å². The molecule has 180 valence electrons. The number of aromatic nitrogens is 4. The highest BCUT2D eigenvalue weighted by atomic mass is 19.1. The first-order valence-electron chi connectivity index (χ1n) is 11.6. The van der Waals surface area contributed by atoms with Gasteiger partial charge < -0.3 is 15.5 Å². The van der Waals surface area contributed by atoms with Crippen LogP contribution in [-0.4, -0.2) is 57.9 Å². The minimum atomic E-state index is -0.301. The summed E-state index contributed by atoms with van der Waals surface area (Å²) in [6.07, 6.45) is 7.80. The number of carbonyl (C=O) groups is 1. The molecule has 0 radical (unpaired) electrons. The number of amides is 1. The molecule has 0 spiro atoms. The molecule has 1 aromatic carbocycles. The second-order valence-electron chi connectivity index (χ2n) is 9.44. The number of aryl methyl sites for hydroxylation is 1. The smallest absolute Gasteiger partial charge is 0.227 e. The largest absolute Gasteiger partial charge is 0.352 e. The van der Waals surface area contributed by atoms with Crippen molar-refractivity contribution in [3.8, 4) is 11.3 Å². The number of hydrogen-bond acceptors (Lipinski definition) is 6. The van der Waals surface area contributed by atoms with Gasteiger partial charge in [0, 0.05) is 55.1 Å². The molecule has 1 saturated carbocycles. The summed E-state index contributed by atoms with van der Waals surface area (Å²) in [4.78, 5) is 23.0. The monoisotopic (exact) mass is 465 g/mol. The SMILES string of the molecule is Cc1cnc(Nc2ccc(CNC(=O)CCN(C)C)cc2)nc1-c1cnn(CC2(CF)CC2)c1. The Labute approximate surface area is 199 Å². The number of hydrogen-bond donors (Lipinski definition) is 2. The number of halogens is 1. The summed E-state index contributed by atoms with van der Waals surface area (Å²) in [6.45, 7) is 3.48. The van der Waals surface area contributed by atoms with Crippen molar-refractivity contribution in [1.29, 1.82) is 0 Å². The minimum absolute atomic E-state index is 0.0387. The van der Waals surface area contributed by atoms with E-state index in [1.807, 2.05) is 61.1 Å². The molecule has 1 aliphatic carbocycles. The fourth-order valence-electron chi connectivity index (χ4n) is 3.67. The van der Waals surface area contributed by atoms with E-state index in [4.69, 9.17) is 0 Å². The molecule has 2 aromatic heterocycles. The van der Waals surface area contributed by atoms with Gasteiger partial charge in [-0.3, -0.25) is 13.9 Å². The molecule has 0 saturated heterocycles. The van der Waals surface area contributed by atoms with Crippen LogP contribution in [0.4, 0.5) is 16.0 Å². The predicted octanol–water partition coefficient (Wildman–Crippen LogP) is 3.71. The molecule has 0 aliphatic heterocycles. The van der Waals surface area contributed by atoms with E-state index in [0.29, 0.717) is 25.5 Å². The van der Waals surface area contributed by atoms with Gasteiger partial charge in [0.15, 0.2) is 0 Å². The Hall–Kier alpha value is -3.33. The lowest BCUT2D eigenvalue weighted by Crippen LogP contribution is -2.26. The number of nitrogens with zero attached hydrogens (tertiary/aromatic N) is 5. The predicted molar refractivity (Wildman–Crippen MR) is 130 cm³/mol. The van der Waals surface area contributed by atoms with Gasteiger partial charge >= 0.3 is 0 Å². The summed E-state index contributed by atoms with van der Waals surface area (Å²) in [5.74, 6) is 0.525. The summed E-state index contributed by atoms with van der Waals surface area (Å²) in [5, 5.41) is 10.6. The first-order valence-corrected chi connectivity index (χ1v) is 11.6. The molecule has 1 aliphatic rings. The molecule has 0 unspecified atom stereocenters. The molecule has 3 aromatic rings. The maximum Gasteiger partial charge on any atom is 0.227 e. The Morgan fingerprint density at radius 1 is 1.21 bits per heavy atom. The van der Waals surface area contributed by atoms with Gasteiger partial charge in [0.05, 0.1) is 18.6 Å². The second kappa shape index (κ2) is 10.3. The molecule has 1 fully saturated rings. The number of carbonyl (C=O) groups excluding carboxylic acids is 1. The summed E-state index contributed by atoms with van der Waals surface area (Å²) >= 11 is 0. The average Bonchev–Trinajstić information content (AvgIpc) is 3.45. The lowest BCUT2D eigenvalue weighted by molar-refractivity contribution is -0.121. The first kappa shape index (κ1) is 23.8. The fourth-order valence-corrected chi connectivity index (χ4v) is 3.67. The molecule has 4 rings (SSSR count). The fraction of sp³-hybridized carbons (Fsp3) is 0.440. The first-order chi connectivity index (χ1) is 16.4. The van der Waals surface area contributed by atoms with Crippen LogP contribution in [0.25, 0.3) is 11.3 Å². The van der Waals surface area contributed by atoms with Crippen molar-refractivity contribution in [1.82, 2.24) is 30.0 Å². The average molecular weight is 466 g/mol. The van der Waals surface area contributed by atoms with E-state index in [2.05, 4.69) is 25.7 Å². The van der Waals surface area contributed by atoms with E-state index < -0.39 is 0 Å². The molecular weight excluding hydrogens is 433 g/mol. The number of rotatable bonds is 11. The van der Waals surface area contributed by atoms with Crippen molar-refractivity contribution in [2.24, 2.45) is 5.41 Å². The Bertz CT molecular complexity index is 1120. The second-order valence-corrected chi connectivity index (χ2v) is 9.44. The van der Waals surface area contributed by atoms with Gasteiger partial charge in [-0.2, -0.15) is 5.10 Å². The molecule has 2 N–H and O–H groups in total. The standard InChI is InChI=1S/C25H32FN7O/c1-18-12-28-24(31-23(18)20-14-29-33(15-20)17-25(16-26)9-10-25)30-21-6-4-19(5-7-21)13-27-22(34)8-11-32(2)3/h4-7,12,14-15H,8-11,13,16-17H2,1-3H3,(H,27,34)(H,28,30,31). The van der Waals surface area contributed by atoms with Crippen molar-refractivity contribution in [2.45, 2.75) is 39.3 Å². The lowest BCUT2D eigenvalue weighted by atomic mass is 10.1. The van der Waals surface area contributed by atoms with Gasteiger partial charge in [-0.05, 0) is 57.1 Å². The number of alkyl halides is 1. The molecule has 1 amide bonds. The van der Waals surface area contributed by atoms with Crippen LogP contribution < -0.4 is 10.6 Å². The summed E-state index contributed by atoms with van der Waals surface area (Å²) in [6, 6.07) is 7.81. The number of nitrogens with one attached hydrogen (secondary N) is 2. The van der Waals surface area contributed by atoms with Crippen LogP contribution in [0.1, 0.15) is 30.4 Å². The topological polar surface area (TPSA) is 88.0 Å². The van der Waals surface area contributed by atoms with E-state index in [-0.39, 0.29) is 18.0 Å². The molecule has 34 heavy (non-hydrogen) atoms. The Morgan fingerprint density at radius 3 is 2.65 bits per heavy atom. The summed E-state index contributed by atoms with van der Waals surface area (Å²) < 4.78 is 15.1. The van der Waals surface area contributed by atoms with Crippen molar-refractivity contribution in [3.05, 3.63) is 54.0 Å². The Kier molecular flexibility index (Phi) is 7.21. The van der Waals surface area contributed by atoms with Crippen molar-refractivity contribution in [2.75, 3.05) is 32.6 Å². The van der Waals surface area contributed by atoms with Gasteiger partial charge in [-0.25, -0.2) is 9.97 Å². The van der Waals surface area contributed by atoms with Crippen LogP contribution in [0.15, 0.2) is 42.9 Å². The summed E-state index contributed by atoms with van der Waals surface area (Å²) in [7, 11) is 3.90. The minimum Gasteiger partial charge on any atom is -0.352 e. The van der Waals surface area contributed by atoms with Gasteiger partial charge in [0.2, 0.25) is 11.9 Å². The summed E-state index contributed by atoms with van der Waals surface area (Å²) in [5.41, 5.74) is 4.27. The van der Waals surface area contributed by atoms with Crippen LogP contribution in [0.3, 0.4) is 0 Å². The Balaban J connectivity index is 1.37. The highest BCUT2D eigenvalue weighted by molar-refractivity contribution is 5.76. The molecule has 8 nitrogen and oxygen atoms in total. The highest BCUT2D eigenvalue weighted by Gasteiger charge is 2.43. The quantitative estimate of drug-likeness (QED) is 0.449. The van der Waals surface area contributed by atoms with Crippen LogP contribution >= 0.6 is 0 Å². The van der Waals surface area contributed by atoms with E-state index in [1.54, 1.807) is 12.4 Å². The van der Waals surface area contributed by atoms with E-state index >= 15 is 0 Å². The zero-order valence-electron chi connectivity index (χ0n) is 20.0. The third-order valence-electron chi connectivity index (χ3n) is 6.10. The maximum atomic E-state index is 13.2. The third-order valence-corrected chi connectivity index (χ3v) is 6.10. The van der Waals surface area contributed by atoms with Crippen LogP contribution in [-0.2, 0) is 17.9 Å². The zero-order chi connectivity index (χ0) is 24.1. The van der Waals surface area contributed by atoms with E-state index in [9.17, 15) is 9.18 Å². The maximum absolute atomic E-state index is 13.2. The van der Waals surface area contributed by atoms with E-state index in [1.165, 1.54) is 0 Å². The van der Waals surface area contributed by atoms with Crippen molar-refractivity contribution >= 4 is 17.5 Å². The van der Waals surface area contributed by atoms with Gasteiger partial charge in [0.1, 0.15) is 0 Å². The van der Waals surface area contributed by atoms with Crippen LogP contribution in [0.5, 0.6) is 0 Å². The van der Waals surface area contributed by atoms with E-state index in [0.717, 1.165) is 47.5 Å².